The molecule has 1 amide bonds. The number of amides is 1. The number of hydrogen-bond donors (Lipinski definition) is 2. The molecule has 0 saturated carbocycles. The molecule has 0 spiro atoms. The molecule has 0 radical (unpaired) electrons. The number of nitrogens with zero attached hydrogens (tertiary/aromatic N) is 5. The van der Waals surface area contributed by atoms with Crippen molar-refractivity contribution in [3.05, 3.63) is 84.6 Å². The van der Waals surface area contributed by atoms with Crippen LogP contribution in [0.25, 0.3) is 22.6 Å². The number of carbonyl (C=O) groups excluding carboxylic acids is 1. The molecule has 202 valence electrons. The van der Waals surface area contributed by atoms with Crippen molar-refractivity contribution < 1.29 is 18.7 Å². The molecule has 3 aromatic heterocycles. The van der Waals surface area contributed by atoms with E-state index >= 15 is 0 Å². The molecule has 1 saturated heterocycles. The van der Waals surface area contributed by atoms with Gasteiger partial charge in [0.15, 0.2) is 17.0 Å². The standard InChI is InChI=1S/C29H26FN7O3/c1-39-29-22(8-5-14-31-29)28(38)35-21-7-4-6-18(16-21)26-36-24-25(34-20-12-10-19(30)11-13-20)32-17-33-27(24)37(26)23-9-2-3-15-40-23/h4-8,10-14,16-17,23H,2-3,9,15H2,1H3,(H,35,38)(H,32,33,34). The Bertz CT molecular complexity index is 1670. The van der Waals surface area contributed by atoms with E-state index in [9.17, 15) is 9.18 Å². The Morgan fingerprint density at radius 1 is 1.05 bits per heavy atom. The largest absolute Gasteiger partial charge is 0.480 e. The number of halogens is 1. The van der Waals surface area contributed by atoms with Crippen LogP contribution in [0.4, 0.5) is 21.6 Å². The Balaban J connectivity index is 1.40. The summed E-state index contributed by atoms with van der Waals surface area (Å²) in [4.78, 5) is 31.1. The van der Waals surface area contributed by atoms with Crippen LogP contribution in [0.2, 0.25) is 0 Å². The van der Waals surface area contributed by atoms with Crippen molar-refractivity contribution >= 4 is 34.3 Å². The molecule has 2 N–H and O–H groups in total. The lowest BCUT2D eigenvalue weighted by atomic mass is 10.1. The fraction of sp³-hybridized carbons (Fsp3) is 0.207. The summed E-state index contributed by atoms with van der Waals surface area (Å²) >= 11 is 0. The number of imidazole rings is 1. The van der Waals surface area contributed by atoms with Crippen molar-refractivity contribution in [3.8, 4) is 17.3 Å². The zero-order valence-corrected chi connectivity index (χ0v) is 21.7. The van der Waals surface area contributed by atoms with Gasteiger partial charge < -0.3 is 20.1 Å². The molecule has 4 heterocycles. The highest BCUT2D eigenvalue weighted by Crippen LogP contribution is 2.35. The van der Waals surface area contributed by atoms with E-state index in [0.717, 1.165) is 24.8 Å². The lowest BCUT2D eigenvalue weighted by Gasteiger charge is -2.25. The third-order valence-electron chi connectivity index (χ3n) is 6.62. The molecule has 1 aliphatic rings. The number of pyridine rings is 1. The van der Waals surface area contributed by atoms with Gasteiger partial charge in [-0.2, -0.15) is 0 Å². The van der Waals surface area contributed by atoms with Gasteiger partial charge in [0, 0.05) is 29.7 Å². The van der Waals surface area contributed by atoms with Crippen LogP contribution >= 0.6 is 0 Å². The van der Waals surface area contributed by atoms with E-state index in [1.165, 1.54) is 25.6 Å². The lowest BCUT2D eigenvalue weighted by molar-refractivity contribution is -0.0287. The molecule has 1 unspecified atom stereocenters. The van der Waals surface area contributed by atoms with Gasteiger partial charge in [0.25, 0.3) is 5.91 Å². The Labute approximate surface area is 229 Å². The molecular weight excluding hydrogens is 513 g/mol. The van der Waals surface area contributed by atoms with E-state index in [1.807, 2.05) is 22.8 Å². The number of ether oxygens (including phenoxy) is 2. The Kier molecular flexibility index (Phi) is 7.02. The predicted molar refractivity (Wildman–Crippen MR) is 148 cm³/mol. The zero-order chi connectivity index (χ0) is 27.5. The van der Waals surface area contributed by atoms with Crippen molar-refractivity contribution in [2.24, 2.45) is 0 Å². The Morgan fingerprint density at radius 2 is 1.93 bits per heavy atom. The van der Waals surface area contributed by atoms with Crippen LogP contribution < -0.4 is 15.4 Å². The van der Waals surface area contributed by atoms with Crippen LogP contribution in [0.1, 0.15) is 35.8 Å². The molecule has 1 atom stereocenters. The normalized spacial score (nSPS) is 15.1. The van der Waals surface area contributed by atoms with Gasteiger partial charge in [-0.05, 0) is 67.8 Å². The number of rotatable bonds is 7. The number of hydrogen-bond acceptors (Lipinski definition) is 8. The van der Waals surface area contributed by atoms with Gasteiger partial charge in [0.2, 0.25) is 5.88 Å². The number of anilines is 3. The lowest BCUT2D eigenvalue weighted by Crippen LogP contribution is -2.19. The van der Waals surface area contributed by atoms with Gasteiger partial charge in [-0.1, -0.05) is 12.1 Å². The molecule has 10 nitrogen and oxygen atoms in total. The zero-order valence-electron chi connectivity index (χ0n) is 21.7. The highest BCUT2D eigenvalue weighted by Gasteiger charge is 2.26. The van der Waals surface area contributed by atoms with E-state index in [2.05, 4.69) is 25.6 Å². The van der Waals surface area contributed by atoms with Crippen molar-refractivity contribution in [3.63, 3.8) is 0 Å². The topological polar surface area (TPSA) is 116 Å². The molecule has 11 heteroatoms. The average Bonchev–Trinajstić information content (AvgIpc) is 3.39. The quantitative estimate of drug-likeness (QED) is 0.269. The van der Waals surface area contributed by atoms with Gasteiger partial charge in [0.05, 0.1) is 7.11 Å². The van der Waals surface area contributed by atoms with E-state index in [1.54, 1.807) is 36.5 Å². The average molecular weight is 540 g/mol. The second-order valence-electron chi connectivity index (χ2n) is 9.25. The summed E-state index contributed by atoms with van der Waals surface area (Å²) in [6.07, 6.45) is 5.58. The summed E-state index contributed by atoms with van der Waals surface area (Å²) in [5, 5.41) is 6.15. The van der Waals surface area contributed by atoms with Crippen molar-refractivity contribution in [1.29, 1.82) is 0 Å². The van der Waals surface area contributed by atoms with Crippen LogP contribution in [0.3, 0.4) is 0 Å². The third-order valence-corrected chi connectivity index (χ3v) is 6.62. The molecule has 5 aromatic rings. The molecule has 0 bridgehead atoms. The van der Waals surface area contributed by atoms with Crippen LogP contribution in [0.5, 0.6) is 5.88 Å². The number of benzene rings is 2. The number of methoxy groups -OCH3 is 1. The molecule has 2 aromatic carbocycles. The van der Waals surface area contributed by atoms with Crippen LogP contribution in [-0.4, -0.2) is 44.1 Å². The first kappa shape index (κ1) is 25.4. The van der Waals surface area contributed by atoms with Gasteiger partial charge in [-0.3, -0.25) is 9.36 Å². The first-order valence-electron chi connectivity index (χ1n) is 12.9. The molecule has 1 aliphatic heterocycles. The SMILES string of the molecule is COc1ncccc1C(=O)Nc1cccc(-c2nc3c(Nc4ccc(F)cc4)ncnc3n2C2CCCCO2)c1. The second-order valence-corrected chi connectivity index (χ2v) is 9.25. The fourth-order valence-corrected chi connectivity index (χ4v) is 4.73. The van der Waals surface area contributed by atoms with E-state index in [0.29, 0.717) is 46.4 Å². The van der Waals surface area contributed by atoms with Crippen molar-refractivity contribution in [2.45, 2.75) is 25.5 Å². The van der Waals surface area contributed by atoms with Crippen LogP contribution in [-0.2, 0) is 4.74 Å². The van der Waals surface area contributed by atoms with Gasteiger partial charge in [-0.15, -0.1) is 0 Å². The third kappa shape index (κ3) is 5.06. The molecular formula is C29H26FN7O3. The van der Waals surface area contributed by atoms with Gasteiger partial charge in [-0.25, -0.2) is 24.3 Å². The number of carbonyl (C=O) groups is 1. The minimum Gasteiger partial charge on any atom is -0.480 e. The van der Waals surface area contributed by atoms with E-state index in [-0.39, 0.29) is 23.8 Å². The maximum Gasteiger partial charge on any atom is 0.261 e. The monoisotopic (exact) mass is 539 g/mol. The second kappa shape index (κ2) is 11.1. The highest BCUT2D eigenvalue weighted by molar-refractivity contribution is 6.06. The maximum absolute atomic E-state index is 13.5. The summed E-state index contributed by atoms with van der Waals surface area (Å²) in [5.41, 5.74) is 3.48. The van der Waals surface area contributed by atoms with Crippen LogP contribution in [0.15, 0.2) is 73.2 Å². The molecule has 0 aliphatic carbocycles. The minimum absolute atomic E-state index is 0.243. The highest BCUT2D eigenvalue weighted by atomic mass is 19.1. The smallest absolute Gasteiger partial charge is 0.261 e. The van der Waals surface area contributed by atoms with Gasteiger partial charge >= 0.3 is 0 Å². The summed E-state index contributed by atoms with van der Waals surface area (Å²) in [7, 11) is 1.47. The first-order valence-corrected chi connectivity index (χ1v) is 12.9. The molecule has 40 heavy (non-hydrogen) atoms. The number of fused-ring (bicyclic) bond motifs is 1. The predicted octanol–water partition coefficient (Wildman–Crippen LogP) is 5.73. The van der Waals surface area contributed by atoms with E-state index in [4.69, 9.17) is 14.5 Å². The Morgan fingerprint density at radius 3 is 2.73 bits per heavy atom. The first-order chi connectivity index (χ1) is 19.6. The summed E-state index contributed by atoms with van der Waals surface area (Å²) in [5.74, 6) is 0.684. The number of aromatic nitrogens is 5. The minimum atomic E-state index is -0.345. The van der Waals surface area contributed by atoms with E-state index < -0.39 is 0 Å². The summed E-state index contributed by atoms with van der Waals surface area (Å²) in [6.45, 7) is 0.637. The Hall–Kier alpha value is -4.90. The summed E-state index contributed by atoms with van der Waals surface area (Å²) < 4.78 is 26.8. The summed E-state index contributed by atoms with van der Waals surface area (Å²) in [6, 6.07) is 16.8. The molecule has 1 fully saturated rings. The van der Waals surface area contributed by atoms with Crippen molar-refractivity contribution in [1.82, 2.24) is 24.5 Å². The van der Waals surface area contributed by atoms with Gasteiger partial charge in [0.1, 0.15) is 29.8 Å². The fourth-order valence-electron chi connectivity index (χ4n) is 4.73. The maximum atomic E-state index is 13.5. The van der Waals surface area contributed by atoms with Crippen molar-refractivity contribution in [2.75, 3.05) is 24.4 Å². The molecule has 6 rings (SSSR count). The van der Waals surface area contributed by atoms with Crippen LogP contribution in [0, 0.1) is 5.82 Å². The number of nitrogens with one attached hydrogen (secondary N) is 2.